The van der Waals surface area contributed by atoms with Gasteiger partial charge in [-0.25, -0.2) is 0 Å². The van der Waals surface area contributed by atoms with Crippen molar-refractivity contribution in [2.45, 2.75) is 32.1 Å². The smallest absolute Gasteiger partial charge is 0.225 e. The Balaban J connectivity index is 0.917. The predicted molar refractivity (Wildman–Crippen MR) is 267 cm³/mol. The Morgan fingerprint density at radius 2 is 0.571 bits per heavy atom. The predicted octanol–water partition coefficient (Wildman–Crippen LogP) is 13.9. The van der Waals surface area contributed by atoms with Gasteiger partial charge in [-0.3, -0.25) is 9.59 Å². The summed E-state index contributed by atoms with van der Waals surface area (Å²) >= 11 is 5.08. The van der Waals surface area contributed by atoms with Crippen molar-refractivity contribution in [2.75, 3.05) is 22.1 Å². The summed E-state index contributed by atoms with van der Waals surface area (Å²) in [7, 11) is 0. The van der Waals surface area contributed by atoms with Gasteiger partial charge in [0.05, 0.1) is 20.9 Å². The van der Waals surface area contributed by atoms with Crippen LogP contribution in [0.1, 0.15) is 46.2 Å². The summed E-state index contributed by atoms with van der Waals surface area (Å²) in [6, 6.07) is 79.5. The minimum atomic E-state index is -0.574. The summed E-state index contributed by atoms with van der Waals surface area (Å²) in [5.74, 6) is 1.07. The minimum Gasteiger partial charge on any atom is -0.325 e. The first-order valence-electron chi connectivity index (χ1n) is 21.1. The highest BCUT2D eigenvalue weighted by molar-refractivity contribution is 8.01. The van der Waals surface area contributed by atoms with Crippen molar-refractivity contribution >= 4 is 58.5 Å². The zero-order valence-electron chi connectivity index (χ0n) is 34.8. The third-order valence-corrected chi connectivity index (χ3v) is 15.0. The third-order valence-electron chi connectivity index (χ3n) is 10.9. The van der Waals surface area contributed by atoms with Crippen molar-refractivity contribution in [3.63, 3.8) is 0 Å². The molecule has 0 aliphatic rings. The van der Waals surface area contributed by atoms with Gasteiger partial charge in [0.15, 0.2) is 0 Å². The quantitative estimate of drug-likeness (QED) is 0.0511. The van der Waals surface area contributed by atoms with Crippen molar-refractivity contribution in [1.29, 1.82) is 0 Å². The summed E-state index contributed by atoms with van der Waals surface area (Å²) in [6.07, 6.45) is 0.652. The minimum absolute atomic E-state index is 0.0607. The highest BCUT2D eigenvalue weighted by Gasteiger charge is 2.39. The number of carbonyl (C=O) groups excluding carboxylic acids is 2. The lowest BCUT2D eigenvalue weighted by Gasteiger charge is -2.36. The second kappa shape index (κ2) is 21.2. The maximum atomic E-state index is 13.5. The van der Waals surface area contributed by atoms with Crippen molar-refractivity contribution < 1.29 is 9.59 Å². The van der Waals surface area contributed by atoms with E-state index >= 15 is 0 Å². The van der Waals surface area contributed by atoms with Gasteiger partial charge in [-0.15, -0.1) is 23.5 Å². The first kappa shape index (κ1) is 43.4. The van der Waals surface area contributed by atoms with E-state index in [1.165, 1.54) is 0 Å². The average molecular weight is 877 g/mol. The molecule has 0 heterocycles. The third kappa shape index (κ3) is 10.2. The average Bonchev–Trinajstić information content (AvgIpc) is 3.35. The van der Waals surface area contributed by atoms with E-state index in [0.29, 0.717) is 24.3 Å². The lowest BCUT2D eigenvalue weighted by atomic mass is 9.84. The van der Waals surface area contributed by atoms with Gasteiger partial charge >= 0.3 is 0 Å². The Kier molecular flexibility index (Phi) is 14.6. The Labute approximate surface area is 384 Å². The van der Waals surface area contributed by atoms with Crippen LogP contribution >= 0.6 is 35.3 Å². The molecule has 2 amide bonds. The molecule has 0 atom stereocenters. The molecule has 7 heteroatoms. The number of hydrogen-bond donors (Lipinski definition) is 2. The van der Waals surface area contributed by atoms with Crippen LogP contribution in [0.5, 0.6) is 0 Å². The monoisotopic (exact) mass is 876 g/mol. The Hall–Kier alpha value is -6.25. The van der Waals surface area contributed by atoms with E-state index in [2.05, 4.69) is 168 Å². The molecule has 0 fully saturated rings. The van der Waals surface area contributed by atoms with Gasteiger partial charge in [0, 0.05) is 34.1 Å². The molecule has 8 aromatic rings. The van der Waals surface area contributed by atoms with E-state index in [4.69, 9.17) is 0 Å². The molecule has 0 bridgehead atoms. The fourth-order valence-electron chi connectivity index (χ4n) is 7.90. The molecule has 0 aromatic heterocycles. The van der Waals surface area contributed by atoms with Crippen LogP contribution in [0.25, 0.3) is 0 Å². The van der Waals surface area contributed by atoms with Crippen molar-refractivity contribution in [2.24, 2.45) is 0 Å². The highest BCUT2D eigenvalue weighted by Crippen LogP contribution is 2.54. The highest BCUT2D eigenvalue weighted by atomic mass is 32.2. The molecule has 0 aliphatic heterocycles. The lowest BCUT2D eigenvalue weighted by Crippen LogP contribution is -2.26. The number of para-hydroxylation sites is 2. The number of carbonyl (C=O) groups is 2. The summed E-state index contributed by atoms with van der Waals surface area (Å²) in [4.78, 5) is 29.0. The summed E-state index contributed by atoms with van der Waals surface area (Å²) in [5, 5.41) is 6.45. The Morgan fingerprint density at radius 1 is 0.333 bits per heavy atom. The Morgan fingerprint density at radius 3 is 0.841 bits per heavy atom. The van der Waals surface area contributed by atoms with Crippen molar-refractivity contribution in [3.8, 4) is 0 Å². The van der Waals surface area contributed by atoms with E-state index < -0.39 is 9.49 Å². The van der Waals surface area contributed by atoms with Gasteiger partial charge in [-0.1, -0.05) is 206 Å². The van der Waals surface area contributed by atoms with Gasteiger partial charge in [0.25, 0.3) is 0 Å². The molecule has 8 aromatic carbocycles. The zero-order chi connectivity index (χ0) is 43.2. The van der Waals surface area contributed by atoms with Gasteiger partial charge in [0.1, 0.15) is 0 Å². The van der Waals surface area contributed by atoms with Crippen LogP contribution < -0.4 is 10.6 Å². The fraction of sp³-hybridized carbons (Fsp3) is 0.107. The molecule has 0 unspecified atom stereocenters. The molecule has 8 rings (SSSR count). The molecule has 0 saturated heterocycles. The molecule has 2 N–H and O–H groups in total. The molecule has 0 radical (unpaired) electrons. The van der Waals surface area contributed by atoms with Crippen LogP contribution in [-0.4, -0.2) is 23.3 Å². The topological polar surface area (TPSA) is 58.2 Å². The van der Waals surface area contributed by atoms with Crippen molar-refractivity contribution in [1.82, 2.24) is 0 Å². The normalized spacial score (nSPS) is 11.4. The first-order chi connectivity index (χ1) is 31.1. The maximum Gasteiger partial charge on any atom is 0.225 e. The van der Waals surface area contributed by atoms with Gasteiger partial charge in [0.2, 0.25) is 11.8 Å². The number of benzene rings is 8. The van der Waals surface area contributed by atoms with Crippen LogP contribution in [0, 0.1) is 0 Å². The van der Waals surface area contributed by atoms with Crippen LogP contribution in [0.4, 0.5) is 11.4 Å². The van der Waals surface area contributed by atoms with E-state index in [1.807, 2.05) is 72.8 Å². The number of hydrogen-bond acceptors (Lipinski definition) is 5. The van der Waals surface area contributed by atoms with E-state index in [9.17, 15) is 9.59 Å². The number of amides is 2. The molecule has 4 nitrogen and oxygen atoms in total. The summed E-state index contributed by atoms with van der Waals surface area (Å²) < 4.78 is -1.15. The number of anilines is 2. The summed E-state index contributed by atoms with van der Waals surface area (Å²) in [5.41, 5.74) is 8.44. The number of thioether (sulfide) groups is 3. The molecule has 0 aliphatic carbocycles. The SMILES string of the molecule is O=C(CCSCCC(=O)Nc1ccccc1SC(c1ccccc1)(c1ccccc1)c1ccccc1)Nc1ccccc1SC(c1ccccc1)(c1ccccc1)c1ccccc1. The van der Waals surface area contributed by atoms with E-state index in [-0.39, 0.29) is 11.8 Å². The Bertz CT molecular complexity index is 2300. The van der Waals surface area contributed by atoms with Gasteiger partial charge in [-0.2, -0.15) is 11.8 Å². The molecule has 0 spiro atoms. The molecular formula is C56H48N2O2S3. The first-order valence-corrected chi connectivity index (χ1v) is 23.9. The van der Waals surface area contributed by atoms with E-state index in [1.54, 1.807) is 35.3 Å². The largest absolute Gasteiger partial charge is 0.325 e. The van der Waals surface area contributed by atoms with Crippen LogP contribution in [0.3, 0.4) is 0 Å². The van der Waals surface area contributed by atoms with Crippen LogP contribution in [-0.2, 0) is 19.1 Å². The van der Waals surface area contributed by atoms with E-state index in [0.717, 1.165) is 54.5 Å². The maximum absolute atomic E-state index is 13.5. The fourth-order valence-corrected chi connectivity index (χ4v) is 11.7. The molecular weight excluding hydrogens is 829 g/mol. The summed E-state index contributed by atoms with van der Waals surface area (Å²) in [6.45, 7) is 0. The van der Waals surface area contributed by atoms with Crippen molar-refractivity contribution in [3.05, 3.63) is 264 Å². The van der Waals surface area contributed by atoms with Crippen LogP contribution in [0.15, 0.2) is 240 Å². The lowest BCUT2D eigenvalue weighted by molar-refractivity contribution is -0.116. The molecule has 312 valence electrons. The second-order valence-corrected chi connectivity index (χ2v) is 18.7. The second-order valence-electron chi connectivity index (χ2n) is 15.0. The van der Waals surface area contributed by atoms with Gasteiger partial charge in [-0.05, 0) is 57.6 Å². The standard InChI is InChI=1S/C56H48N2O2S3/c59-53(57-49-35-19-21-37-51(49)62-55(43-23-7-1-8-24-43,44-25-9-2-10-26-44)45-27-11-3-12-28-45)39-41-61-42-40-54(60)58-50-36-20-22-38-52(50)63-56(46-29-13-4-14-30-46,47-31-15-5-16-32-47)48-33-17-6-18-34-48/h1-38H,39-42H2,(H,57,59)(H,58,60). The molecule has 0 saturated carbocycles. The van der Waals surface area contributed by atoms with Gasteiger partial charge < -0.3 is 10.6 Å². The number of nitrogens with one attached hydrogen (secondary N) is 2. The molecule has 63 heavy (non-hydrogen) atoms. The zero-order valence-corrected chi connectivity index (χ0v) is 37.3. The van der Waals surface area contributed by atoms with Crippen LogP contribution in [0.2, 0.25) is 0 Å². The number of rotatable bonds is 18.